The fraction of sp³-hybridized carbons (Fsp3) is 0.692. The average molecular weight is 541 g/mol. The molecule has 1 aliphatic carbocycles. The van der Waals surface area contributed by atoms with Crippen molar-refractivity contribution in [3.63, 3.8) is 0 Å². The topological polar surface area (TPSA) is 124 Å². The van der Waals surface area contributed by atoms with Crippen LogP contribution in [0.4, 0.5) is 18.0 Å². The maximum absolute atomic E-state index is 13.6. The molecule has 0 aromatic carbocycles. The van der Waals surface area contributed by atoms with E-state index in [1.807, 2.05) is 0 Å². The first-order chi connectivity index (χ1) is 17.6. The number of amides is 3. The van der Waals surface area contributed by atoms with Crippen molar-refractivity contribution >= 4 is 17.9 Å². The maximum Gasteiger partial charge on any atom is 0.433 e. The molecule has 2 atom stereocenters. The van der Waals surface area contributed by atoms with Gasteiger partial charge in [0.15, 0.2) is 0 Å². The third-order valence-electron chi connectivity index (χ3n) is 7.78. The lowest BCUT2D eigenvalue weighted by Gasteiger charge is -2.47. The van der Waals surface area contributed by atoms with E-state index >= 15 is 0 Å². The number of nitrogens with two attached hydrogens (primary N) is 1. The van der Waals surface area contributed by atoms with Crippen LogP contribution in [0.25, 0.3) is 0 Å². The largest absolute Gasteiger partial charge is 0.444 e. The van der Waals surface area contributed by atoms with Gasteiger partial charge in [0.05, 0.1) is 17.9 Å². The summed E-state index contributed by atoms with van der Waals surface area (Å²) in [5.74, 6) is -1.21. The molecule has 5 rings (SSSR count). The summed E-state index contributed by atoms with van der Waals surface area (Å²) < 4.78 is 52.2. The Morgan fingerprint density at radius 1 is 1.16 bits per heavy atom. The highest BCUT2D eigenvalue weighted by Crippen LogP contribution is 2.48. The second-order valence-corrected chi connectivity index (χ2v) is 11.7. The van der Waals surface area contributed by atoms with Crippen molar-refractivity contribution in [1.29, 1.82) is 0 Å². The molecule has 3 N–H and O–H groups in total. The summed E-state index contributed by atoms with van der Waals surface area (Å²) in [4.78, 5) is 44.3. The van der Waals surface area contributed by atoms with E-state index in [2.05, 4.69) is 10.3 Å². The fourth-order valence-electron chi connectivity index (χ4n) is 5.71. The number of nitrogens with one attached hydrogen (secondary N) is 1. The molecule has 4 fully saturated rings. The highest BCUT2D eigenvalue weighted by atomic mass is 19.4. The number of piperidine rings is 1. The maximum atomic E-state index is 13.6. The van der Waals surface area contributed by atoms with Crippen molar-refractivity contribution in [1.82, 2.24) is 15.2 Å². The zero-order chi connectivity index (χ0) is 28.1. The lowest BCUT2D eigenvalue weighted by molar-refractivity contribution is -0.156. The third-order valence-corrected chi connectivity index (χ3v) is 7.78. The summed E-state index contributed by atoms with van der Waals surface area (Å²) in [6, 6.07) is 1.34. The van der Waals surface area contributed by atoms with Crippen molar-refractivity contribution in [3.05, 3.63) is 29.1 Å². The number of likely N-dealkylation sites (tertiary alicyclic amines) is 1. The molecule has 12 heteroatoms. The number of primary amides is 1. The van der Waals surface area contributed by atoms with Crippen LogP contribution in [-0.2, 0) is 26.0 Å². The molecule has 3 aliphatic heterocycles. The lowest BCUT2D eigenvalue weighted by atomic mass is 9.73. The van der Waals surface area contributed by atoms with E-state index in [4.69, 9.17) is 15.2 Å². The molecule has 38 heavy (non-hydrogen) atoms. The molecule has 0 spiro atoms. The molecular weight excluding hydrogens is 505 g/mol. The summed E-state index contributed by atoms with van der Waals surface area (Å²) >= 11 is 0. The Hall–Kier alpha value is -2.89. The third kappa shape index (κ3) is 5.45. The number of halogens is 3. The Labute approximate surface area is 219 Å². The van der Waals surface area contributed by atoms with E-state index in [0.29, 0.717) is 25.4 Å². The molecule has 210 valence electrons. The van der Waals surface area contributed by atoms with Crippen molar-refractivity contribution < 1.29 is 37.0 Å². The molecule has 1 saturated carbocycles. The summed E-state index contributed by atoms with van der Waals surface area (Å²) in [6.45, 7) is 7.42. The summed E-state index contributed by atoms with van der Waals surface area (Å²) in [6.07, 6.45) is -2.78. The van der Waals surface area contributed by atoms with Gasteiger partial charge in [-0.1, -0.05) is 0 Å². The Bertz CT molecular complexity index is 1100. The van der Waals surface area contributed by atoms with Crippen LogP contribution in [0.3, 0.4) is 0 Å². The zero-order valence-corrected chi connectivity index (χ0v) is 22.1. The van der Waals surface area contributed by atoms with Crippen LogP contribution in [0.1, 0.15) is 88.0 Å². The minimum absolute atomic E-state index is 0.0139. The number of pyridine rings is 1. The highest BCUT2D eigenvalue weighted by Gasteiger charge is 2.50. The van der Waals surface area contributed by atoms with E-state index in [1.165, 1.54) is 4.90 Å². The Balaban J connectivity index is 1.63. The van der Waals surface area contributed by atoms with Gasteiger partial charge in [-0.15, -0.1) is 0 Å². The van der Waals surface area contributed by atoms with Crippen LogP contribution < -0.4 is 11.1 Å². The molecule has 0 radical (unpaired) electrons. The number of ether oxygens (including phenoxy) is 2. The van der Waals surface area contributed by atoms with Gasteiger partial charge < -0.3 is 25.4 Å². The molecule has 1 aromatic heterocycles. The van der Waals surface area contributed by atoms with Crippen LogP contribution in [0, 0.1) is 5.92 Å². The van der Waals surface area contributed by atoms with E-state index < -0.39 is 52.6 Å². The minimum Gasteiger partial charge on any atom is -0.444 e. The van der Waals surface area contributed by atoms with E-state index in [9.17, 15) is 27.6 Å². The van der Waals surface area contributed by atoms with Gasteiger partial charge in [-0.25, -0.2) is 9.78 Å². The first-order valence-electron chi connectivity index (χ1n) is 12.9. The lowest BCUT2D eigenvalue weighted by Crippen LogP contribution is -2.65. The number of fused-ring (bicyclic) bond motifs is 3. The van der Waals surface area contributed by atoms with Crippen molar-refractivity contribution in [3.8, 4) is 0 Å². The van der Waals surface area contributed by atoms with Crippen LogP contribution in [-0.4, -0.2) is 58.1 Å². The molecule has 2 bridgehead atoms. The number of aromatic nitrogens is 1. The van der Waals surface area contributed by atoms with Gasteiger partial charge in [0, 0.05) is 12.6 Å². The number of rotatable bonds is 4. The number of carbonyl (C=O) groups excluding carboxylic acids is 3. The number of hydrogen-bond donors (Lipinski definition) is 2. The highest BCUT2D eigenvalue weighted by molar-refractivity contribution is 6.00. The van der Waals surface area contributed by atoms with Gasteiger partial charge in [-0.05, 0) is 84.3 Å². The predicted octanol–water partition coefficient (Wildman–Crippen LogP) is 3.89. The minimum atomic E-state index is -4.70. The second kappa shape index (κ2) is 9.69. The summed E-state index contributed by atoms with van der Waals surface area (Å²) in [5, 5.41) is 2.71. The molecule has 4 aliphatic rings. The van der Waals surface area contributed by atoms with Crippen LogP contribution >= 0.6 is 0 Å². The van der Waals surface area contributed by atoms with Crippen molar-refractivity contribution in [2.24, 2.45) is 11.7 Å². The van der Waals surface area contributed by atoms with Gasteiger partial charge in [0.25, 0.3) is 5.91 Å². The van der Waals surface area contributed by atoms with Gasteiger partial charge in [0.2, 0.25) is 5.91 Å². The van der Waals surface area contributed by atoms with Crippen LogP contribution in [0.2, 0.25) is 0 Å². The van der Waals surface area contributed by atoms with E-state index in [-0.39, 0.29) is 30.6 Å². The fourth-order valence-corrected chi connectivity index (χ4v) is 5.71. The Morgan fingerprint density at radius 3 is 2.32 bits per heavy atom. The molecule has 3 amide bonds. The predicted molar refractivity (Wildman–Crippen MR) is 130 cm³/mol. The first-order valence-corrected chi connectivity index (χ1v) is 12.9. The van der Waals surface area contributed by atoms with E-state index in [1.54, 1.807) is 27.7 Å². The molecule has 4 heterocycles. The molecule has 9 nitrogen and oxygen atoms in total. The smallest absolute Gasteiger partial charge is 0.433 e. The van der Waals surface area contributed by atoms with Crippen molar-refractivity contribution in [2.45, 2.75) is 95.2 Å². The standard InChI is InChI=1S/C26H35F3N4O5/c1-15-13-24(21(30)35,11-12-33(15)22(36)38-23(2,3)4)32-20(34)17-5-6-18(26(27,28)29)31-19(17)25-9-7-16(8-10-25)14-37-25/h5-6,15-16H,7-14H2,1-4H3,(H2,30,35)(H,32,34)/t15-,16?,24+,25?/m0/s1. The van der Waals surface area contributed by atoms with Crippen LogP contribution in [0.15, 0.2) is 12.1 Å². The van der Waals surface area contributed by atoms with Gasteiger partial charge in [-0.2, -0.15) is 13.2 Å². The van der Waals surface area contributed by atoms with Gasteiger partial charge >= 0.3 is 12.3 Å². The van der Waals surface area contributed by atoms with E-state index in [0.717, 1.165) is 25.0 Å². The number of alkyl halides is 3. The Morgan fingerprint density at radius 2 is 1.82 bits per heavy atom. The summed E-state index contributed by atoms with van der Waals surface area (Å²) in [7, 11) is 0. The number of hydrogen-bond acceptors (Lipinski definition) is 6. The molecule has 1 aromatic rings. The average Bonchev–Trinajstić information content (AvgIpc) is 2.83. The van der Waals surface area contributed by atoms with Crippen molar-refractivity contribution in [2.75, 3.05) is 13.2 Å². The first kappa shape index (κ1) is 28.1. The second-order valence-electron chi connectivity index (χ2n) is 11.7. The van der Waals surface area contributed by atoms with Gasteiger partial charge in [0.1, 0.15) is 22.4 Å². The number of carbonyl (C=O) groups is 3. The monoisotopic (exact) mass is 540 g/mol. The molecular formula is C26H35F3N4O5. The molecule has 0 unspecified atom stereocenters. The van der Waals surface area contributed by atoms with Crippen LogP contribution in [0.5, 0.6) is 0 Å². The Kier molecular flexibility index (Phi) is 7.17. The molecule has 3 saturated heterocycles. The zero-order valence-electron chi connectivity index (χ0n) is 22.1. The summed E-state index contributed by atoms with van der Waals surface area (Å²) in [5.41, 5.74) is 1.16. The quantitative estimate of drug-likeness (QED) is 0.597. The number of nitrogens with zero attached hydrogens (tertiary/aromatic N) is 2. The SMILES string of the molecule is C[C@H]1C[C@@](NC(=O)c2ccc(C(F)(F)F)nc2C23CCC(CC2)CO3)(C(N)=O)CCN1C(=O)OC(C)(C)C. The normalized spacial score (nSPS) is 29.6. The van der Waals surface area contributed by atoms with Gasteiger partial charge in [-0.3, -0.25) is 9.59 Å².